The second-order valence-electron chi connectivity index (χ2n) is 5.20. The summed E-state index contributed by atoms with van der Waals surface area (Å²) in [6.45, 7) is 2.81. The lowest BCUT2D eigenvalue weighted by molar-refractivity contribution is 0.485. The number of hydrogen-bond donors (Lipinski definition) is 0. The van der Waals surface area contributed by atoms with E-state index in [0.29, 0.717) is 18.5 Å². The minimum Gasteiger partial charge on any atom is -0.408 e. The summed E-state index contributed by atoms with van der Waals surface area (Å²) < 4.78 is 7.47. The van der Waals surface area contributed by atoms with Crippen molar-refractivity contribution in [2.24, 2.45) is 0 Å². The van der Waals surface area contributed by atoms with E-state index in [0.717, 1.165) is 18.5 Å². The van der Waals surface area contributed by atoms with Gasteiger partial charge >= 0.3 is 6.01 Å². The number of aromatic nitrogens is 4. The summed E-state index contributed by atoms with van der Waals surface area (Å²) in [5.41, 5.74) is 2.22. The van der Waals surface area contributed by atoms with Crippen LogP contribution in [0.25, 0.3) is 5.69 Å². The van der Waals surface area contributed by atoms with Crippen molar-refractivity contribution in [1.29, 1.82) is 0 Å². The normalized spacial score (nSPS) is 10.8. The zero-order valence-electron chi connectivity index (χ0n) is 12.8. The second-order valence-corrected chi connectivity index (χ2v) is 5.20. The molecule has 6 nitrogen and oxygen atoms in total. The highest BCUT2D eigenvalue weighted by Crippen LogP contribution is 2.16. The average Bonchev–Trinajstić information content (AvgIpc) is 3.20. The van der Waals surface area contributed by atoms with Crippen LogP contribution >= 0.6 is 0 Å². The van der Waals surface area contributed by atoms with Gasteiger partial charge in [0, 0.05) is 32.4 Å². The second kappa shape index (κ2) is 6.43. The lowest BCUT2D eigenvalue weighted by atomic mass is 10.2. The van der Waals surface area contributed by atoms with Crippen molar-refractivity contribution >= 4 is 6.01 Å². The summed E-state index contributed by atoms with van der Waals surface area (Å²) in [4.78, 5) is 1.95. The molecule has 2 aromatic heterocycles. The number of hydrogen-bond acceptors (Lipinski definition) is 5. The van der Waals surface area contributed by atoms with E-state index in [1.807, 2.05) is 41.0 Å². The molecule has 0 amide bonds. The number of nitrogens with zero attached hydrogens (tertiary/aromatic N) is 5. The fourth-order valence-electron chi connectivity index (χ4n) is 2.23. The quantitative estimate of drug-likeness (QED) is 0.700. The van der Waals surface area contributed by atoms with Crippen molar-refractivity contribution in [3.05, 3.63) is 54.2 Å². The minimum absolute atomic E-state index is 0.555. The fraction of sp³-hybridized carbons (Fsp3) is 0.312. The largest absolute Gasteiger partial charge is 0.408 e. The molecule has 0 N–H and O–H groups in total. The highest BCUT2D eigenvalue weighted by atomic mass is 16.4. The van der Waals surface area contributed by atoms with Gasteiger partial charge in [-0.2, -0.15) is 5.10 Å². The average molecular weight is 297 g/mol. The molecule has 3 aromatic rings. The first-order chi connectivity index (χ1) is 10.8. The molecular weight excluding hydrogens is 278 g/mol. The van der Waals surface area contributed by atoms with Crippen molar-refractivity contribution in [2.45, 2.75) is 26.3 Å². The number of rotatable bonds is 6. The van der Waals surface area contributed by atoms with Crippen molar-refractivity contribution in [3.63, 3.8) is 0 Å². The van der Waals surface area contributed by atoms with Gasteiger partial charge in [-0.15, -0.1) is 5.10 Å². The van der Waals surface area contributed by atoms with Crippen LogP contribution in [0.3, 0.4) is 0 Å². The standard InChI is InChI=1S/C16H19N5O/c1-3-5-15-18-19-16(22-15)20(2)12-13-6-8-14(9-7-13)21-11-4-10-17-21/h4,6-11H,3,5,12H2,1-2H3. The summed E-state index contributed by atoms with van der Waals surface area (Å²) >= 11 is 0. The molecule has 0 spiro atoms. The van der Waals surface area contributed by atoms with Crippen LogP contribution in [-0.2, 0) is 13.0 Å². The molecule has 1 aromatic carbocycles. The van der Waals surface area contributed by atoms with Gasteiger partial charge in [-0.1, -0.05) is 24.2 Å². The molecule has 0 saturated heterocycles. The molecular formula is C16H19N5O. The molecule has 114 valence electrons. The summed E-state index contributed by atoms with van der Waals surface area (Å²) in [5, 5.41) is 12.3. The molecule has 3 rings (SSSR count). The van der Waals surface area contributed by atoms with Crippen LogP contribution < -0.4 is 4.90 Å². The first-order valence-corrected chi connectivity index (χ1v) is 7.38. The summed E-state index contributed by atoms with van der Waals surface area (Å²) in [6, 6.07) is 10.7. The Bertz CT molecular complexity index is 702. The maximum atomic E-state index is 5.63. The lowest BCUT2D eigenvalue weighted by Crippen LogP contribution is -2.16. The molecule has 0 radical (unpaired) electrons. The van der Waals surface area contributed by atoms with Crippen molar-refractivity contribution in [1.82, 2.24) is 20.0 Å². The van der Waals surface area contributed by atoms with Crippen LogP contribution in [0.1, 0.15) is 24.8 Å². The van der Waals surface area contributed by atoms with Crippen molar-refractivity contribution in [3.8, 4) is 5.69 Å². The Balaban J connectivity index is 1.67. The lowest BCUT2D eigenvalue weighted by Gasteiger charge is -2.14. The first-order valence-electron chi connectivity index (χ1n) is 7.38. The molecule has 2 heterocycles. The first kappa shape index (κ1) is 14.3. The van der Waals surface area contributed by atoms with E-state index in [4.69, 9.17) is 4.42 Å². The third-order valence-corrected chi connectivity index (χ3v) is 3.37. The summed E-state index contributed by atoms with van der Waals surface area (Å²) in [7, 11) is 1.95. The van der Waals surface area contributed by atoms with E-state index in [1.54, 1.807) is 6.20 Å². The zero-order chi connectivity index (χ0) is 15.4. The van der Waals surface area contributed by atoms with E-state index in [9.17, 15) is 0 Å². The Morgan fingerprint density at radius 2 is 2.00 bits per heavy atom. The Labute approximate surface area is 129 Å². The van der Waals surface area contributed by atoms with E-state index < -0.39 is 0 Å². The van der Waals surface area contributed by atoms with Crippen LogP contribution in [0, 0.1) is 0 Å². The van der Waals surface area contributed by atoms with Crippen LogP contribution in [0.15, 0.2) is 47.1 Å². The SMILES string of the molecule is CCCc1nnc(N(C)Cc2ccc(-n3cccn3)cc2)o1. The van der Waals surface area contributed by atoms with Gasteiger partial charge < -0.3 is 9.32 Å². The smallest absolute Gasteiger partial charge is 0.318 e. The monoisotopic (exact) mass is 297 g/mol. The molecule has 0 aliphatic rings. The molecule has 0 unspecified atom stereocenters. The van der Waals surface area contributed by atoms with Crippen LogP contribution in [-0.4, -0.2) is 27.0 Å². The molecule has 0 aliphatic heterocycles. The topological polar surface area (TPSA) is 60.0 Å². The van der Waals surface area contributed by atoms with Gasteiger partial charge in [0.15, 0.2) is 0 Å². The maximum absolute atomic E-state index is 5.63. The van der Waals surface area contributed by atoms with Gasteiger partial charge in [-0.05, 0) is 30.2 Å². The molecule has 0 bridgehead atoms. The summed E-state index contributed by atoms with van der Waals surface area (Å²) in [5.74, 6) is 0.693. The van der Waals surface area contributed by atoms with Gasteiger partial charge in [0.05, 0.1) is 5.69 Å². The van der Waals surface area contributed by atoms with E-state index in [-0.39, 0.29) is 0 Å². The Morgan fingerprint density at radius 1 is 1.18 bits per heavy atom. The maximum Gasteiger partial charge on any atom is 0.318 e. The molecule has 0 aliphatic carbocycles. The predicted octanol–water partition coefficient (Wildman–Crippen LogP) is 2.84. The minimum atomic E-state index is 0.555. The zero-order valence-corrected chi connectivity index (χ0v) is 12.8. The van der Waals surface area contributed by atoms with Crippen molar-refractivity contribution < 1.29 is 4.42 Å². The van der Waals surface area contributed by atoms with Crippen LogP contribution in [0.4, 0.5) is 6.01 Å². The van der Waals surface area contributed by atoms with Gasteiger partial charge in [0.2, 0.25) is 5.89 Å². The highest BCUT2D eigenvalue weighted by Gasteiger charge is 2.10. The predicted molar refractivity (Wildman–Crippen MR) is 84.0 cm³/mol. The van der Waals surface area contributed by atoms with Crippen LogP contribution in [0.5, 0.6) is 0 Å². The Kier molecular flexibility index (Phi) is 4.18. The van der Waals surface area contributed by atoms with Gasteiger partial charge in [-0.25, -0.2) is 4.68 Å². The van der Waals surface area contributed by atoms with E-state index in [2.05, 4.69) is 34.4 Å². The molecule has 0 atom stereocenters. The number of benzene rings is 1. The highest BCUT2D eigenvalue weighted by molar-refractivity contribution is 5.35. The van der Waals surface area contributed by atoms with E-state index >= 15 is 0 Å². The van der Waals surface area contributed by atoms with Gasteiger partial charge in [0.1, 0.15) is 0 Å². The number of aryl methyl sites for hydroxylation is 1. The third-order valence-electron chi connectivity index (χ3n) is 3.37. The van der Waals surface area contributed by atoms with Gasteiger partial charge in [-0.3, -0.25) is 0 Å². The summed E-state index contributed by atoms with van der Waals surface area (Å²) in [6.07, 6.45) is 5.51. The molecule has 0 saturated carbocycles. The van der Waals surface area contributed by atoms with Gasteiger partial charge in [0.25, 0.3) is 0 Å². The molecule has 0 fully saturated rings. The third kappa shape index (κ3) is 3.16. The molecule has 22 heavy (non-hydrogen) atoms. The Hall–Kier alpha value is -2.63. The Morgan fingerprint density at radius 3 is 2.68 bits per heavy atom. The molecule has 6 heteroatoms. The van der Waals surface area contributed by atoms with E-state index in [1.165, 1.54) is 5.56 Å². The van der Waals surface area contributed by atoms with Crippen molar-refractivity contribution in [2.75, 3.05) is 11.9 Å². The fourth-order valence-corrected chi connectivity index (χ4v) is 2.23. The van der Waals surface area contributed by atoms with Crippen LogP contribution in [0.2, 0.25) is 0 Å². The number of anilines is 1.